The van der Waals surface area contributed by atoms with Crippen molar-refractivity contribution in [1.82, 2.24) is 9.88 Å². The smallest absolute Gasteiger partial charge is 0.266 e. The lowest BCUT2D eigenvalue weighted by Crippen LogP contribution is -2.39. The highest BCUT2D eigenvalue weighted by Crippen LogP contribution is 2.34. The molecular weight excluding hydrogens is 422 g/mol. The molecule has 0 spiro atoms. The van der Waals surface area contributed by atoms with Crippen LogP contribution < -0.4 is 14.4 Å². The van der Waals surface area contributed by atoms with Crippen LogP contribution in [0, 0.1) is 6.92 Å². The molecular formula is C22H28ClN3O3S. The lowest BCUT2D eigenvalue weighted by atomic mass is 10.2. The average molecular weight is 450 g/mol. The lowest BCUT2D eigenvalue weighted by Gasteiger charge is -2.22. The van der Waals surface area contributed by atoms with Crippen LogP contribution in [0.15, 0.2) is 42.5 Å². The third kappa shape index (κ3) is 6.08. The number of hydrogen-bond acceptors (Lipinski definition) is 6. The molecule has 0 aliphatic rings. The number of ether oxygens (including phenoxy) is 2. The number of thiazole rings is 1. The number of anilines is 1. The van der Waals surface area contributed by atoms with E-state index in [0.29, 0.717) is 24.0 Å². The Morgan fingerprint density at radius 2 is 1.87 bits per heavy atom. The van der Waals surface area contributed by atoms with E-state index in [4.69, 9.17) is 14.5 Å². The third-order valence-corrected chi connectivity index (χ3v) is 5.37. The fourth-order valence-corrected chi connectivity index (χ4v) is 3.88. The Hall–Kier alpha value is -2.35. The number of halogens is 1. The van der Waals surface area contributed by atoms with E-state index in [1.165, 1.54) is 11.3 Å². The Morgan fingerprint density at radius 1 is 1.10 bits per heavy atom. The summed E-state index contributed by atoms with van der Waals surface area (Å²) < 4.78 is 12.4. The second-order valence-electron chi connectivity index (χ2n) is 6.99. The second kappa shape index (κ2) is 11.2. The average Bonchev–Trinajstić information content (AvgIpc) is 3.11. The van der Waals surface area contributed by atoms with Gasteiger partial charge in [0.15, 0.2) is 11.7 Å². The summed E-state index contributed by atoms with van der Waals surface area (Å²) >= 11 is 1.49. The Labute approximate surface area is 187 Å². The number of carbonyl (C=O) groups excluding carboxylic acids is 1. The van der Waals surface area contributed by atoms with Gasteiger partial charge in [-0.25, -0.2) is 4.98 Å². The van der Waals surface area contributed by atoms with Gasteiger partial charge in [-0.3, -0.25) is 9.69 Å². The number of amides is 1. The van der Waals surface area contributed by atoms with Gasteiger partial charge in [-0.2, -0.15) is 0 Å². The SMILES string of the molecule is CCOc1cccc2sc(N(CCN(C)C)C(=O)COc3cccc(C)c3)nc12.Cl. The van der Waals surface area contributed by atoms with Crippen molar-refractivity contribution in [3.8, 4) is 11.5 Å². The molecule has 0 fully saturated rings. The summed E-state index contributed by atoms with van der Waals surface area (Å²) in [6.07, 6.45) is 0. The van der Waals surface area contributed by atoms with E-state index in [1.807, 2.05) is 75.3 Å². The number of nitrogens with zero attached hydrogens (tertiary/aromatic N) is 3. The lowest BCUT2D eigenvalue weighted by molar-refractivity contribution is -0.120. The summed E-state index contributed by atoms with van der Waals surface area (Å²) in [5.74, 6) is 1.31. The highest BCUT2D eigenvalue weighted by Gasteiger charge is 2.21. The molecule has 0 bridgehead atoms. The largest absolute Gasteiger partial charge is 0.492 e. The maximum Gasteiger partial charge on any atom is 0.266 e. The number of hydrogen-bond donors (Lipinski definition) is 0. The predicted molar refractivity (Wildman–Crippen MR) is 126 cm³/mol. The molecule has 0 radical (unpaired) electrons. The van der Waals surface area contributed by atoms with Gasteiger partial charge >= 0.3 is 0 Å². The number of aromatic nitrogens is 1. The Morgan fingerprint density at radius 3 is 2.57 bits per heavy atom. The van der Waals surface area contributed by atoms with Gasteiger partial charge in [0.2, 0.25) is 0 Å². The van der Waals surface area contributed by atoms with Crippen LogP contribution in [0.3, 0.4) is 0 Å². The molecule has 0 aliphatic heterocycles. The Bertz CT molecular complexity index is 977. The number of rotatable bonds is 9. The molecule has 0 atom stereocenters. The van der Waals surface area contributed by atoms with Gasteiger partial charge in [-0.1, -0.05) is 29.5 Å². The minimum Gasteiger partial charge on any atom is -0.492 e. The first kappa shape index (κ1) is 23.9. The molecule has 3 aromatic rings. The van der Waals surface area contributed by atoms with Crippen molar-refractivity contribution >= 4 is 45.0 Å². The summed E-state index contributed by atoms with van der Waals surface area (Å²) in [5, 5.41) is 0.659. The fourth-order valence-electron chi connectivity index (χ4n) is 2.85. The van der Waals surface area contributed by atoms with Crippen LogP contribution in [0.1, 0.15) is 12.5 Å². The van der Waals surface area contributed by atoms with E-state index in [1.54, 1.807) is 4.90 Å². The Kier molecular flexibility index (Phi) is 8.89. The molecule has 162 valence electrons. The van der Waals surface area contributed by atoms with Crippen LogP contribution in [-0.2, 0) is 4.79 Å². The standard InChI is InChI=1S/C22H27N3O3S.ClH/c1-5-27-18-10-7-11-19-21(18)23-22(29-19)25(13-12-24(3)4)20(26)15-28-17-9-6-8-16(2)14-17;/h6-11,14H,5,12-13,15H2,1-4H3;1H. The van der Waals surface area contributed by atoms with Gasteiger partial charge in [0.1, 0.15) is 17.0 Å². The molecule has 2 aromatic carbocycles. The van der Waals surface area contributed by atoms with Gasteiger partial charge in [0.05, 0.1) is 11.3 Å². The molecule has 1 amide bonds. The van der Waals surface area contributed by atoms with Crippen molar-refractivity contribution in [3.05, 3.63) is 48.0 Å². The predicted octanol–water partition coefficient (Wildman–Crippen LogP) is 4.40. The molecule has 8 heteroatoms. The van der Waals surface area contributed by atoms with Crippen molar-refractivity contribution in [2.24, 2.45) is 0 Å². The van der Waals surface area contributed by atoms with Crippen molar-refractivity contribution in [2.75, 3.05) is 45.3 Å². The van der Waals surface area contributed by atoms with Gasteiger partial charge in [0, 0.05) is 13.1 Å². The summed E-state index contributed by atoms with van der Waals surface area (Å²) in [6, 6.07) is 13.5. The molecule has 0 saturated carbocycles. The minimum atomic E-state index is -0.120. The molecule has 0 saturated heterocycles. The number of aryl methyl sites for hydroxylation is 1. The Balaban J connectivity index is 0.00000320. The van der Waals surface area contributed by atoms with E-state index in [0.717, 1.165) is 28.1 Å². The number of fused-ring (bicyclic) bond motifs is 1. The first-order valence-corrected chi connectivity index (χ1v) is 10.5. The topological polar surface area (TPSA) is 54.9 Å². The minimum absolute atomic E-state index is 0. The third-order valence-electron chi connectivity index (χ3n) is 4.33. The zero-order valence-electron chi connectivity index (χ0n) is 17.8. The molecule has 30 heavy (non-hydrogen) atoms. The number of para-hydroxylation sites is 1. The van der Waals surface area contributed by atoms with E-state index >= 15 is 0 Å². The van der Waals surface area contributed by atoms with E-state index in [-0.39, 0.29) is 24.9 Å². The number of benzene rings is 2. The monoisotopic (exact) mass is 449 g/mol. The van der Waals surface area contributed by atoms with Crippen LogP contribution in [0.5, 0.6) is 11.5 Å². The van der Waals surface area contributed by atoms with Crippen LogP contribution in [0.25, 0.3) is 10.2 Å². The van der Waals surface area contributed by atoms with E-state index in [9.17, 15) is 4.79 Å². The molecule has 0 N–H and O–H groups in total. The van der Waals surface area contributed by atoms with Gasteiger partial charge in [-0.15, -0.1) is 12.4 Å². The molecule has 0 unspecified atom stereocenters. The van der Waals surface area contributed by atoms with Crippen LogP contribution >= 0.6 is 23.7 Å². The van der Waals surface area contributed by atoms with Crippen molar-refractivity contribution in [3.63, 3.8) is 0 Å². The zero-order chi connectivity index (χ0) is 20.8. The highest BCUT2D eigenvalue weighted by molar-refractivity contribution is 7.22. The molecule has 3 rings (SSSR count). The van der Waals surface area contributed by atoms with E-state index < -0.39 is 0 Å². The van der Waals surface area contributed by atoms with Gasteiger partial charge < -0.3 is 14.4 Å². The number of carbonyl (C=O) groups is 1. The van der Waals surface area contributed by atoms with E-state index in [2.05, 4.69) is 0 Å². The first-order chi connectivity index (χ1) is 14.0. The normalized spacial score (nSPS) is 10.7. The summed E-state index contributed by atoms with van der Waals surface area (Å²) in [4.78, 5) is 21.5. The quantitative estimate of drug-likeness (QED) is 0.484. The molecule has 0 aliphatic carbocycles. The van der Waals surface area contributed by atoms with Crippen molar-refractivity contribution < 1.29 is 14.3 Å². The highest BCUT2D eigenvalue weighted by atomic mass is 35.5. The van der Waals surface area contributed by atoms with Crippen LogP contribution in [-0.4, -0.2) is 56.2 Å². The number of likely N-dealkylation sites (N-methyl/N-ethyl adjacent to an activating group) is 1. The zero-order valence-corrected chi connectivity index (χ0v) is 19.4. The van der Waals surface area contributed by atoms with Gasteiger partial charge in [0.25, 0.3) is 5.91 Å². The molecule has 1 heterocycles. The second-order valence-corrected chi connectivity index (χ2v) is 8.00. The summed E-state index contributed by atoms with van der Waals surface area (Å²) in [5.41, 5.74) is 1.88. The molecule has 6 nitrogen and oxygen atoms in total. The van der Waals surface area contributed by atoms with Crippen LogP contribution in [0.4, 0.5) is 5.13 Å². The van der Waals surface area contributed by atoms with Crippen molar-refractivity contribution in [2.45, 2.75) is 13.8 Å². The summed E-state index contributed by atoms with van der Waals surface area (Å²) in [6.45, 7) is 5.73. The van der Waals surface area contributed by atoms with Crippen LogP contribution in [0.2, 0.25) is 0 Å². The maximum absolute atomic E-state index is 13.0. The fraction of sp³-hybridized carbons (Fsp3) is 0.364. The van der Waals surface area contributed by atoms with Gasteiger partial charge in [-0.05, 0) is 57.8 Å². The maximum atomic E-state index is 13.0. The van der Waals surface area contributed by atoms with Crippen molar-refractivity contribution in [1.29, 1.82) is 0 Å². The molecule has 1 aromatic heterocycles. The summed E-state index contributed by atoms with van der Waals surface area (Å²) in [7, 11) is 3.97. The first-order valence-electron chi connectivity index (χ1n) is 9.65.